The second-order valence-corrected chi connectivity index (χ2v) is 9.94. The summed E-state index contributed by atoms with van der Waals surface area (Å²) in [6, 6.07) is 0. The van der Waals surface area contributed by atoms with E-state index in [0.717, 1.165) is 44.9 Å². The van der Waals surface area contributed by atoms with Gasteiger partial charge in [0.1, 0.15) is 6.10 Å². The number of carbonyl (C=O) groups is 3. The summed E-state index contributed by atoms with van der Waals surface area (Å²) in [6.45, 7) is 4.65. The van der Waals surface area contributed by atoms with E-state index in [4.69, 9.17) is 4.74 Å². The molecule has 4 aliphatic rings. The Morgan fingerprint density at radius 1 is 1.07 bits per heavy atom. The lowest BCUT2D eigenvalue weighted by atomic mass is 9.47. The number of carbonyl (C=O) groups excluding carboxylic acids is 3. The second kappa shape index (κ2) is 7.00. The van der Waals surface area contributed by atoms with Crippen molar-refractivity contribution in [1.82, 2.24) is 0 Å². The van der Waals surface area contributed by atoms with Gasteiger partial charge in [0, 0.05) is 17.8 Å². The zero-order valence-corrected chi connectivity index (χ0v) is 17.0. The Balaban J connectivity index is 1.49. The van der Waals surface area contributed by atoms with Gasteiger partial charge in [0.15, 0.2) is 5.78 Å². The first-order valence-corrected chi connectivity index (χ1v) is 10.9. The van der Waals surface area contributed by atoms with E-state index < -0.39 is 11.9 Å². The molecule has 0 N–H and O–H groups in total. The smallest absolute Gasteiger partial charge is 0.306 e. The van der Waals surface area contributed by atoms with Crippen LogP contribution in [0.3, 0.4) is 0 Å². The van der Waals surface area contributed by atoms with Crippen LogP contribution in [-0.4, -0.2) is 23.8 Å². The summed E-state index contributed by atoms with van der Waals surface area (Å²) < 4.78 is 5.77. The minimum atomic E-state index is -1.21. The van der Waals surface area contributed by atoms with Crippen molar-refractivity contribution in [3.63, 3.8) is 0 Å². The molecule has 5 nitrogen and oxygen atoms in total. The van der Waals surface area contributed by atoms with Gasteiger partial charge >= 0.3 is 5.97 Å². The van der Waals surface area contributed by atoms with Gasteiger partial charge in [0.05, 0.1) is 6.42 Å². The van der Waals surface area contributed by atoms with Crippen LogP contribution in [0.5, 0.6) is 0 Å². The van der Waals surface area contributed by atoms with Crippen LogP contribution in [0.1, 0.15) is 78.1 Å². The third kappa shape index (κ3) is 3.11. The number of hydrogen-bond donors (Lipinski definition) is 0. The van der Waals surface area contributed by atoms with Gasteiger partial charge in [-0.2, -0.15) is 0 Å². The van der Waals surface area contributed by atoms with Gasteiger partial charge in [-0.25, -0.2) is 0 Å². The van der Waals surface area contributed by atoms with Crippen molar-refractivity contribution in [1.29, 1.82) is 0 Å². The maximum atomic E-state index is 12.1. The number of aliphatic carboxylic acids is 1. The maximum Gasteiger partial charge on any atom is 0.306 e. The minimum Gasteiger partial charge on any atom is -0.550 e. The standard InChI is InChI=1S/C23H32O5/c1-22-11-9-15(24)13-14(22)3-4-16-17-5-6-19(23(17,2)12-10-18(16)22)28-21(27)8-7-20(25)26/h13,16-19H,3-12H2,1-2H3,(H,25,26)/p-1/t16-,17-,18+,19-,22-,23+/m0/s1. The minimum absolute atomic E-state index is 0.0135. The molecular weight excluding hydrogens is 356 g/mol. The van der Waals surface area contributed by atoms with Crippen LogP contribution in [0.15, 0.2) is 11.6 Å². The molecule has 0 saturated heterocycles. The fourth-order valence-corrected chi connectivity index (χ4v) is 7.13. The molecular formula is C23H31O5-. The second-order valence-electron chi connectivity index (χ2n) is 9.94. The van der Waals surface area contributed by atoms with E-state index >= 15 is 0 Å². The summed E-state index contributed by atoms with van der Waals surface area (Å²) in [5.41, 5.74) is 1.51. The fraction of sp³-hybridized carbons (Fsp3) is 0.783. The first-order chi connectivity index (χ1) is 13.2. The number of ether oxygens (including phenoxy) is 1. The largest absolute Gasteiger partial charge is 0.550 e. The van der Waals surface area contributed by atoms with E-state index in [1.54, 1.807) is 0 Å². The lowest BCUT2D eigenvalue weighted by Gasteiger charge is -2.57. The third-order valence-corrected chi connectivity index (χ3v) is 8.68. The Bertz CT molecular complexity index is 725. The summed E-state index contributed by atoms with van der Waals surface area (Å²) in [5.74, 6) is 0.451. The van der Waals surface area contributed by atoms with E-state index in [1.807, 2.05) is 6.08 Å². The molecule has 154 valence electrons. The highest BCUT2D eigenvalue weighted by molar-refractivity contribution is 5.91. The predicted molar refractivity (Wildman–Crippen MR) is 101 cm³/mol. The Morgan fingerprint density at radius 2 is 1.86 bits per heavy atom. The van der Waals surface area contributed by atoms with E-state index in [-0.39, 0.29) is 35.6 Å². The molecule has 0 heterocycles. The number of esters is 1. The molecule has 0 aromatic heterocycles. The van der Waals surface area contributed by atoms with Crippen LogP contribution >= 0.6 is 0 Å². The number of hydrogen-bond acceptors (Lipinski definition) is 5. The van der Waals surface area contributed by atoms with Gasteiger partial charge in [-0.05, 0) is 80.6 Å². The van der Waals surface area contributed by atoms with Gasteiger partial charge in [-0.15, -0.1) is 0 Å². The number of allylic oxidation sites excluding steroid dienone is 1. The molecule has 5 heteroatoms. The van der Waals surface area contributed by atoms with Crippen molar-refractivity contribution >= 4 is 17.7 Å². The van der Waals surface area contributed by atoms with Crippen LogP contribution < -0.4 is 5.11 Å². The zero-order valence-electron chi connectivity index (χ0n) is 17.0. The molecule has 0 bridgehead atoms. The Labute approximate surface area is 166 Å². The molecule has 4 rings (SSSR count). The fourth-order valence-electron chi connectivity index (χ4n) is 7.13. The van der Waals surface area contributed by atoms with Crippen molar-refractivity contribution in [3.8, 4) is 0 Å². The predicted octanol–water partition coefficient (Wildman–Crippen LogP) is 2.96. The number of fused-ring (bicyclic) bond motifs is 5. The molecule has 3 saturated carbocycles. The monoisotopic (exact) mass is 387 g/mol. The summed E-state index contributed by atoms with van der Waals surface area (Å²) >= 11 is 0. The first-order valence-electron chi connectivity index (χ1n) is 10.9. The molecule has 0 spiro atoms. The average Bonchev–Trinajstić information content (AvgIpc) is 2.97. The summed E-state index contributed by atoms with van der Waals surface area (Å²) in [6.07, 6.45) is 9.35. The van der Waals surface area contributed by atoms with Crippen molar-refractivity contribution in [3.05, 3.63) is 11.6 Å². The topological polar surface area (TPSA) is 83.5 Å². The Kier molecular flexibility index (Phi) is 4.91. The summed E-state index contributed by atoms with van der Waals surface area (Å²) in [5, 5.41) is 10.6. The van der Waals surface area contributed by atoms with Gasteiger partial charge in [-0.3, -0.25) is 9.59 Å². The lowest BCUT2D eigenvalue weighted by Crippen LogP contribution is -2.51. The highest BCUT2D eigenvalue weighted by Crippen LogP contribution is 2.65. The van der Waals surface area contributed by atoms with E-state index in [9.17, 15) is 19.5 Å². The molecule has 6 atom stereocenters. The number of rotatable bonds is 4. The molecule has 0 aromatic rings. The maximum absolute atomic E-state index is 12.1. The molecule has 0 aromatic carbocycles. The molecule has 0 aliphatic heterocycles. The SMILES string of the molecule is C[C@@]12CC[C@@H]3[C@@H](CCC4=CC(=O)CC[C@@]43C)[C@@H]1CC[C@@H]2OC(=O)CCC(=O)[O-]. The third-order valence-electron chi connectivity index (χ3n) is 8.68. The van der Waals surface area contributed by atoms with Crippen molar-refractivity contribution in [2.75, 3.05) is 0 Å². The van der Waals surface area contributed by atoms with Gasteiger partial charge in [0.2, 0.25) is 0 Å². The van der Waals surface area contributed by atoms with E-state index in [0.29, 0.717) is 24.2 Å². The lowest BCUT2D eigenvalue weighted by molar-refractivity contribution is -0.305. The van der Waals surface area contributed by atoms with Crippen molar-refractivity contribution < 1.29 is 24.2 Å². The molecule has 3 fully saturated rings. The number of ketones is 1. The number of carboxylic acids is 1. The Morgan fingerprint density at radius 3 is 2.61 bits per heavy atom. The Hall–Kier alpha value is -1.65. The highest BCUT2D eigenvalue weighted by Gasteiger charge is 2.59. The van der Waals surface area contributed by atoms with E-state index in [1.165, 1.54) is 5.57 Å². The normalized spacial score (nSPS) is 42.1. The summed E-state index contributed by atoms with van der Waals surface area (Å²) in [4.78, 5) is 34.7. The van der Waals surface area contributed by atoms with Crippen LogP contribution in [0.4, 0.5) is 0 Å². The molecule has 28 heavy (non-hydrogen) atoms. The van der Waals surface area contributed by atoms with Crippen LogP contribution in [0, 0.1) is 28.6 Å². The average molecular weight is 387 g/mol. The molecule has 0 radical (unpaired) electrons. The molecule has 4 aliphatic carbocycles. The highest BCUT2D eigenvalue weighted by atomic mass is 16.5. The summed E-state index contributed by atoms with van der Waals surface area (Å²) in [7, 11) is 0. The van der Waals surface area contributed by atoms with Gasteiger partial charge in [-0.1, -0.05) is 19.4 Å². The molecule has 0 amide bonds. The van der Waals surface area contributed by atoms with Gasteiger partial charge in [0.25, 0.3) is 0 Å². The van der Waals surface area contributed by atoms with Crippen molar-refractivity contribution in [2.24, 2.45) is 28.6 Å². The quantitative estimate of drug-likeness (QED) is 0.693. The van der Waals surface area contributed by atoms with E-state index in [2.05, 4.69) is 13.8 Å². The van der Waals surface area contributed by atoms with Gasteiger partial charge < -0.3 is 14.6 Å². The van der Waals surface area contributed by atoms with Crippen LogP contribution in [-0.2, 0) is 19.1 Å². The zero-order chi connectivity index (χ0) is 20.1. The molecule has 0 unspecified atom stereocenters. The van der Waals surface area contributed by atoms with Crippen molar-refractivity contribution in [2.45, 2.75) is 84.2 Å². The number of carboxylic acid groups (broad SMARTS) is 1. The van der Waals surface area contributed by atoms with Crippen LogP contribution in [0.2, 0.25) is 0 Å². The first kappa shape index (κ1) is 19.7. The van der Waals surface area contributed by atoms with Crippen LogP contribution in [0.25, 0.3) is 0 Å².